The Kier molecular flexibility index (Phi) is 5.45. The molecule has 0 saturated carbocycles. The number of allylic oxidation sites excluding steroid dienone is 1. The third-order valence-electron chi connectivity index (χ3n) is 4.24. The summed E-state index contributed by atoms with van der Waals surface area (Å²) in [6, 6.07) is 7.79. The van der Waals surface area contributed by atoms with Gasteiger partial charge in [0, 0.05) is 29.5 Å². The molecule has 5 nitrogen and oxygen atoms in total. The van der Waals surface area contributed by atoms with Gasteiger partial charge in [-0.25, -0.2) is 14.8 Å². The molecule has 3 aromatic heterocycles. The summed E-state index contributed by atoms with van der Waals surface area (Å²) in [5, 5.41) is 6.96. The summed E-state index contributed by atoms with van der Waals surface area (Å²) in [5.74, 6) is -0.338. The summed E-state index contributed by atoms with van der Waals surface area (Å²) in [4.78, 5) is 20.8. The number of nitrogens with zero attached hydrogens (tertiary/aromatic N) is 3. The monoisotopic (exact) mass is 407 g/mol. The number of hydrogen-bond donors (Lipinski definition) is 0. The molecule has 0 saturated heterocycles. The van der Waals surface area contributed by atoms with Gasteiger partial charge < -0.3 is 9.30 Å². The number of methoxy groups -OCH3 is 1. The molecule has 0 spiro atoms. The van der Waals surface area contributed by atoms with Crippen LogP contribution in [0.5, 0.6) is 0 Å². The lowest BCUT2D eigenvalue weighted by Crippen LogP contribution is -2.03. The van der Waals surface area contributed by atoms with Crippen molar-refractivity contribution in [3.05, 3.63) is 81.5 Å². The summed E-state index contributed by atoms with van der Waals surface area (Å²) < 4.78 is 6.97. The summed E-state index contributed by atoms with van der Waals surface area (Å²) >= 11 is 3.20. The fourth-order valence-corrected chi connectivity index (χ4v) is 4.23. The molecule has 140 valence electrons. The average molecular weight is 408 g/mol. The Balaban J connectivity index is 1.78. The van der Waals surface area contributed by atoms with E-state index >= 15 is 0 Å². The smallest absolute Gasteiger partial charge is 0.338 e. The quantitative estimate of drug-likeness (QED) is 0.418. The van der Waals surface area contributed by atoms with Crippen molar-refractivity contribution in [2.45, 2.75) is 6.54 Å². The van der Waals surface area contributed by atoms with Gasteiger partial charge in [0.05, 0.1) is 25.5 Å². The number of thiophene rings is 1. The van der Waals surface area contributed by atoms with Crippen LogP contribution in [0.25, 0.3) is 22.8 Å². The molecule has 7 heteroatoms. The zero-order chi connectivity index (χ0) is 19.3. The Hall–Kier alpha value is -3.03. The van der Waals surface area contributed by atoms with E-state index in [1.165, 1.54) is 7.11 Å². The first-order chi connectivity index (χ1) is 13.7. The molecule has 0 radical (unpaired) electrons. The van der Waals surface area contributed by atoms with Gasteiger partial charge in [-0.3, -0.25) is 0 Å². The lowest BCUT2D eigenvalue weighted by atomic mass is 9.98. The lowest BCUT2D eigenvalue weighted by Gasteiger charge is -2.10. The third-order valence-corrected chi connectivity index (χ3v) is 5.77. The number of carbonyl (C=O) groups excluding carboxylic acids is 1. The van der Waals surface area contributed by atoms with Crippen molar-refractivity contribution in [2.24, 2.45) is 0 Å². The first kappa shape index (κ1) is 18.3. The minimum Gasteiger partial charge on any atom is -0.465 e. The van der Waals surface area contributed by atoms with Crippen LogP contribution in [-0.2, 0) is 11.3 Å². The molecular formula is C21H17N3O2S2. The topological polar surface area (TPSA) is 57.0 Å². The van der Waals surface area contributed by atoms with E-state index in [4.69, 9.17) is 4.74 Å². The second-order valence-electron chi connectivity index (χ2n) is 6.05. The maximum absolute atomic E-state index is 12.2. The minimum atomic E-state index is -0.338. The Bertz CT molecular complexity index is 1080. The van der Waals surface area contributed by atoms with Crippen LogP contribution in [0.4, 0.5) is 0 Å². The van der Waals surface area contributed by atoms with Gasteiger partial charge in [-0.2, -0.15) is 11.3 Å². The van der Waals surface area contributed by atoms with Crippen LogP contribution in [0, 0.1) is 0 Å². The maximum atomic E-state index is 12.2. The van der Waals surface area contributed by atoms with Gasteiger partial charge in [0.15, 0.2) is 0 Å². The van der Waals surface area contributed by atoms with Gasteiger partial charge in [0.2, 0.25) is 0 Å². The fraction of sp³-hybridized carbons (Fsp3) is 0.0952. The van der Waals surface area contributed by atoms with Gasteiger partial charge in [0.25, 0.3) is 0 Å². The standard InChI is InChI=1S/C21H17N3O2S2/c1-26-21(25)18-3-2-15(11-19(18)16-4-8-27-13-16)10-17(20-23-6-9-28-20)12-24-7-5-22-14-24/h2-11,13-14H,12H2,1H3/b17-10-. The first-order valence-electron chi connectivity index (χ1n) is 8.55. The summed E-state index contributed by atoms with van der Waals surface area (Å²) in [7, 11) is 1.40. The van der Waals surface area contributed by atoms with E-state index in [2.05, 4.69) is 16.0 Å². The number of imidazole rings is 1. The van der Waals surface area contributed by atoms with Gasteiger partial charge >= 0.3 is 5.97 Å². The van der Waals surface area contributed by atoms with E-state index in [9.17, 15) is 4.79 Å². The fourth-order valence-electron chi connectivity index (χ4n) is 2.93. The molecule has 4 aromatic rings. The van der Waals surface area contributed by atoms with Crippen molar-refractivity contribution >= 4 is 40.3 Å². The first-order valence-corrected chi connectivity index (χ1v) is 10.4. The molecule has 28 heavy (non-hydrogen) atoms. The van der Waals surface area contributed by atoms with Crippen LogP contribution >= 0.6 is 22.7 Å². The molecule has 0 N–H and O–H groups in total. The highest BCUT2D eigenvalue weighted by atomic mass is 32.1. The van der Waals surface area contributed by atoms with Crippen LogP contribution in [0.1, 0.15) is 20.9 Å². The molecule has 0 fully saturated rings. The van der Waals surface area contributed by atoms with Crippen LogP contribution in [0.2, 0.25) is 0 Å². The zero-order valence-corrected chi connectivity index (χ0v) is 16.7. The molecule has 0 unspecified atom stereocenters. The average Bonchev–Trinajstić information content (AvgIpc) is 3.50. The second kappa shape index (κ2) is 8.33. The number of esters is 1. The molecular weight excluding hydrogens is 390 g/mol. The molecule has 0 aliphatic carbocycles. The highest BCUT2D eigenvalue weighted by Gasteiger charge is 2.15. The van der Waals surface area contributed by atoms with E-state index in [0.29, 0.717) is 12.1 Å². The van der Waals surface area contributed by atoms with E-state index in [1.54, 1.807) is 41.4 Å². The number of ether oxygens (including phenoxy) is 1. The number of benzene rings is 1. The van der Waals surface area contributed by atoms with E-state index in [0.717, 1.165) is 27.3 Å². The molecule has 3 heterocycles. The Morgan fingerprint density at radius 1 is 1.25 bits per heavy atom. The molecule has 1 aromatic carbocycles. The van der Waals surface area contributed by atoms with Gasteiger partial charge in [-0.1, -0.05) is 6.07 Å². The normalized spacial score (nSPS) is 11.5. The molecule has 0 amide bonds. The SMILES string of the molecule is COC(=O)c1ccc(/C=C(/Cn2ccnc2)c2nccs2)cc1-c1ccsc1. The largest absolute Gasteiger partial charge is 0.465 e. The Labute approximate surface area is 170 Å². The summed E-state index contributed by atoms with van der Waals surface area (Å²) in [6.45, 7) is 0.667. The van der Waals surface area contributed by atoms with E-state index < -0.39 is 0 Å². The molecule has 0 aliphatic rings. The highest BCUT2D eigenvalue weighted by molar-refractivity contribution is 7.10. The number of hydrogen-bond acceptors (Lipinski definition) is 6. The number of rotatable bonds is 6. The number of thiazole rings is 1. The predicted molar refractivity (Wildman–Crippen MR) is 113 cm³/mol. The second-order valence-corrected chi connectivity index (χ2v) is 7.73. The maximum Gasteiger partial charge on any atom is 0.338 e. The Morgan fingerprint density at radius 2 is 2.18 bits per heavy atom. The number of aromatic nitrogens is 3. The lowest BCUT2D eigenvalue weighted by molar-refractivity contribution is 0.0601. The van der Waals surface area contributed by atoms with Crippen LogP contribution in [0.3, 0.4) is 0 Å². The van der Waals surface area contributed by atoms with E-state index in [-0.39, 0.29) is 5.97 Å². The zero-order valence-electron chi connectivity index (χ0n) is 15.1. The van der Waals surface area contributed by atoms with Crippen molar-refractivity contribution in [1.82, 2.24) is 14.5 Å². The van der Waals surface area contributed by atoms with Gasteiger partial charge in [-0.05, 0) is 51.7 Å². The van der Waals surface area contributed by atoms with Crippen molar-refractivity contribution < 1.29 is 9.53 Å². The summed E-state index contributed by atoms with van der Waals surface area (Å²) in [6.07, 6.45) is 9.39. The van der Waals surface area contributed by atoms with Crippen molar-refractivity contribution in [3.63, 3.8) is 0 Å². The van der Waals surface area contributed by atoms with Gasteiger partial charge in [-0.15, -0.1) is 11.3 Å². The molecule has 4 rings (SSSR count). The molecule has 0 atom stereocenters. The third kappa shape index (κ3) is 3.95. The van der Waals surface area contributed by atoms with Crippen LogP contribution in [-0.4, -0.2) is 27.6 Å². The van der Waals surface area contributed by atoms with Crippen LogP contribution in [0.15, 0.2) is 65.3 Å². The van der Waals surface area contributed by atoms with Gasteiger partial charge in [0.1, 0.15) is 5.01 Å². The van der Waals surface area contributed by atoms with Crippen molar-refractivity contribution in [1.29, 1.82) is 0 Å². The van der Waals surface area contributed by atoms with Crippen LogP contribution < -0.4 is 0 Å². The van der Waals surface area contributed by atoms with Crippen molar-refractivity contribution in [3.8, 4) is 11.1 Å². The predicted octanol–water partition coefficient (Wildman–Crippen LogP) is 5.10. The minimum absolute atomic E-state index is 0.338. The highest BCUT2D eigenvalue weighted by Crippen LogP contribution is 2.30. The molecule has 0 aliphatic heterocycles. The number of carbonyl (C=O) groups is 1. The Morgan fingerprint density at radius 3 is 2.86 bits per heavy atom. The van der Waals surface area contributed by atoms with E-state index in [1.807, 2.05) is 51.2 Å². The van der Waals surface area contributed by atoms with Crippen molar-refractivity contribution in [2.75, 3.05) is 7.11 Å². The summed E-state index contributed by atoms with van der Waals surface area (Å²) in [5.41, 5.74) is 4.51. The molecule has 0 bridgehead atoms.